The first-order valence-electron chi connectivity index (χ1n) is 7.40. The van der Waals surface area contributed by atoms with Crippen LogP contribution >= 0.6 is 0 Å². The summed E-state index contributed by atoms with van der Waals surface area (Å²) in [4.78, 5) is 14.7. The molecule has 1 aliphatic rings. The van der Waals surface area contributed by atoms with Gasteiger partial charge in [0.1, 0.15) is 0 Å². The molecular weight excluding hydrogens is 252 g/mol. The Bertz CT molecular complexity index is 460. The number of aliphatic hydroxyl groups is 1. The first-order chi connectivity index (χ1) is 9.63. The van der Waals surface area contributed by atoms with E-state index in [-0.39, 0.29) is 24.5 Å². The molecular formula is C16H24N2O2. The second kappa shape index (κ2) is 6.75. The van der Waals surface area contributed by atoms with Crippen molar-refractivity contribution >= 4 is 11.6 Å². The predicted molar refractivity (Wildman–Crippen MR) is 80.3 cm³/mol. The van der Waals surface area contributed by atoms with Gasteiger partial charge < -0.3 is 15.7 Å². The van der Waals surface area contributed by atoms with E-state index in [4.69, 9.17) is 10.8 Å². The number of anilines is 1. The van der Waals surface area contributed by atoms with Gasteiger partial charge in [0.25, 0.3) is 0 Å². The SMILES string of the molecule is CC(C(=O)N1CCCCC1CCO)c1cccc(N)c1. The van der Waals surface area contributed by atoms with Gasteiger partial charge >= 0.3 is 0 Å². The van der Waals surface area contributed by atoms with E-state index in [1.165, 1.54) is 0 Å². The largest absolute Gasteiger partial charge is 0.399 e. The van der Waals surface area contributed by atoms with Gasteiger partial charge in [0.05, 0.1) is 5.92 Å². The maximum atomic E-state index is 12.7. The number of amides is 1. The number of carbonyl (C=O) groups is 1. The molecule has 1 aliphatic heterocycles. The third kappa shape index (κ3) is 3.31. The van der Waals surface area contributed by atoms with Gasteiger partial charge in [-0.25, -0.2) is 0 Å². The number of piperidine rings is 1. The molecule has 110 valence electrons. The van der Waals surface area contributed by atoms with Gasteiger partial charge in [0.15, 0.2) is 0 Å². The summed E-state index contributed by atoms with van der Waals surface area (Å²) in [7, 11) is 0. The summed E-state index contributed by atoms with van der Waals surface area (Å²) in [6, 6.07) is 7.72. The lowest BCUT2D eigenvalue weighted by Gasteiger charge is -2.37. The minimum Gasteiger partial charge on any atom is -0.399 e. The molecule has 0 aliphatic carbocycles. The van der Waals surface area contributed by atoms with Gasteiger partial charge in [-0.1, -0.05) is 12.1 Å². The molecule has 1 aromatic rings. The van der Waals surface area contributed by atoms with E-state index in [2.05, 4.69) is 0 Å². The number of nitrogens with two attached hydrogens (primary N) is 1. The van der Waals surface area contributed by atoms with Gasteiger partial charge in [0.2, 0.25) is 5.91 Å². The van der Waals surface area contributed by atoms with Gasteiger partial charge in [-0.3, -0.25) is 4.79 Å². The van der Waals surface area contributed by atoms with Crippen molar-refractivity contribution in [2.24, 2.45) is 0 Å². The molecule has 0 spiro atoms. The molecule has 1 saturated heterocycles. The summed E-state index contributed by atoms with van der Waals surface area (Å²) in [5.74, 6) is -0.0356. The van der Waals surface area contributed by atoms with Crippen LogP contribution in [0.3, 0.4) is 0 Å². The Morgan fingerprint density at radius 3 is 3.00 bits per heavy atom. The summed E-state index contributed by atoms with van der Waals surface area (Å²) in [6.45, 7) is 2.87. The Balaban J connectivity index is 2.12. The number of benzene rings is 1. The summed E-state index contributed by atoms with van der Waals surface area (Å²) in [6.07, 6.45) is 3.86. The van der Waals surface area contributed by atoms with Crippen molar-refractivity contribution < 1.29 is 9.90 Å². The molecule has 2 atom stereocenters. The number of carbonyl (C=O) groups excluding carboxylic acids is 1. The van der Waals surface area contributed by atoms with Gasteiger partial charge in [0, 0.05) is 24.9 Å². The van der Waals surface area contributed by atoms with Crippen LogP contribution in [0, 0.1) is 0 Å². The third-order valence-corrected chi connectivity index (χ3v) is 4.15. The number of nitrogen functional groups attached to an aromatic ring is 1. The molecule has 1 heterocycles. The van der Waals surface area contributed by atoms with Crippen LogP contribution in [0.15, 0.2) is 24.3 Å². The molecule has 1 aromatic carbocycles. The molecule has 0 aromatic heterocycles. The van der Waals surface area contributed by atoms with E-state index < -0.39 is 0 Å². The van der Waals surface area contributed by atoms with Crippen LogP contribution in [0.4, 0.5) is 5.69 Å². The average molecular weight is 276 g/mol. The molecule has 20 heavy (non-hydrogen) atoms. The lowest BCUT2D eigenvalue weighted by atomic mass is 9.94. The fourth-order valence-electron chi connectivity index (χ4n) is 2.96. The van der Waals surface area contributed by atoms with E-state index in [0.29, 0.717) is 12.1 Å². The fourth-order valence-corrected chi connectivity index (χ4v) is 2.96. The highest BCUT2D eigenvalue weighted by atomic mass is 16.3. The van der Waals surface area contributed by atoms with Crippen LogP contribution < -0.4 is 5.73 Å². The molecule has 4 heteroatoms. The molecule has 0 radical (unpaired) electrons. The van der Waals surface area contributed by atoms with Crippen molar-refractivity contribution in [3.63, 3.8) is 0 Å². The number of likely N-dealkylation sites (tertiary alicyclic amines) is 1. The second-order valence-corrected chi connectivity index (χ2v) is 5.59. The fraction of sp³-hybridized carbons (Fsp3) is 0.562. The van der Waals surface area contributed by atoms with E-state index in [9.17, 15) is 4.79 Å². The maximum absolute atomic E-state index is 12.7. The second-order valence-electron chi connectivity index (χ2n) is 5.59. The van der Waals surface area contributed by atoms with Crippen molar-refractivity contribution in [2.75, 3.05) is 18.9 Å². The average Bonchev–Trinajstić information content (AvgIpc) is 2.47. The lowest BCUT2D eigenvalue weighted by Crippen LogP contribution is -2.45. The van der Waals surface area contributed by atoms with Crippen LogP contribution in [0.1, 0.15) is 44.1 Å². The molecule has 0 saturated carbocycles. The highest BCUT2D eigenvalue weighted by Gasteiger charge is 2.29. The van der Waals surface area contributed by atoms with Crippen LogP contribution in [-0.2, 0) is 4.79 Å². The van der Waals surface area contributed by atoms with Crippen molar-refractivity contribution in [1.82, 2.24) is 4.90 Å². The topological polar surface area (TPSA) is 66.6 Å². The number of nitrogens with zero attached hydrogens (tertiary/aromatic N) is 1. The van der Waals surface area contributed by atoms with Crippen molar-refractivity contribution in [3.05, 3.63) is 29.8 Å². The first kappa shape index (κ1) is 14.9. The maximum Gasteiger partial charge on any atom is 0.230 e. The Morgan fingerprint density at radius 2 is 2.30 bits per heavy atom. The minimum atomic E-state index is -0.183. The zero-order valence-electron chi connectivity index (χ0n) is 12.1. The molecule has 2 unspecified atom stereocenters. The van der Waals surface area contributed by atoms with Crippen molar-refractivity contribution in [3.8, 4) is 0 Å². The predicted octanol–water partition coefficient (Wildman–Crippen LogP) is 2.14. The monoisotopic (exact) mass is 276 g/mol. The van der Waals surface area contributed by atoms with E-state index in [1.54, 1.807) is 0 Å². The molecule has 1 fully saturated rings. The Kier molecular flexibility index (Phi) is 5.01. The van der Waals surface area contributed by atoms with Crippen LogP contribution in [0.2, 0.25) is 0 Å². The van der Waals surface area contributed by atoms with Crippen molar-refractivity contribution in [2.45, 2.75) is 44.6 Å². The van der Waals surface area contributed by atoms with Crippen LogP contribution in [0.5, 0.6) is 0 Å². The van der Waals surface area contributed by atoms with Gasteiger partial charge in [-0.05, 0) is 50.3 Å². The number of hydrogen-bond acceptors (Lipinski definition) is 3. The normalized spacial score (nSPS) is 20.7. The molecule has 1 amide bonds. The van der Waals surface area contributed by atoms with Crippen LogP contribution in [-0.4, -0.2) is 35.1 Å². The highest BCUT2D eigenvalue weighted by Crippen LogP contribution is 2.26. The minimum absolute atomic E-state index is 0.140. The van der Waals surface area contributed by atoms with Gasteiger partial charge in [-0.2, -0.15) is 0 Å². The first-order valence-corrected chi connectivity index (χ1v) is 7.40. The van der Waals surface area contributed by atoms with Gasteiger partial charge in [-0.15, -0.1) is 0 Å². The summed E-state index contributed by atoms with van der Waals surface area (Å²) < 4.78 is 0. The number of rotatable bonds is 4. The quantitative estimate of drug-likeness (QED) is 0.828. The molecule has 0 bridgehead atoms. The number of hydrogen-bond donors (Lipinski definition) is 2. The highest BCUT2D eigenvalue weighted by molar-refractivity contribution is 5.84. The van der Waals surface area contributed by atoms with E-state index in [0.717, 1.165) is 31.4 Å². The van der Waals surface area contributed by atoms with E-state index in [1.807, 2.05) is 36.1 Å². The Morgan fingerprint density at radius 1 is 1.50 bits per heavy atom. The van der Waals surface area contributed by atoms with Crippen LogP contribution in [0.25, 0.3) is 0 Å². The zero-order chi connectivity index (χ0) is 14.5. The zero-order valence-corrected chi connectivity index (χ0v) is 12.1. The van der Waals surface area contributed by atoms with Crippen molar-refractivity contribution in [1.29, 1.82) is 0 Å². The Hall–Kier alpha value is -1.55. The summed E-state index contributed by atoms with van der Waals surface area (Å²) in [5.41, 5.74) is 7.44. The molecule has 2 rings (SSSR count). The molecule has 3 N–H and O–H groups in total. The number of aliphatic hydroxyl groups excluding tert-OH is 1. The summed E-state index contributed by atoms with van der Waals surface area (Å²) in [5, 5.41) is 9.16. The third-order valence-electron chi connectivity index (χ3n) is 4.15. The molecule has 4 nitrogen and oxygen atoms in total. The Labute approximate surface area is 120 Å². The summed E-state index contributed by atoms with van der Waals surface area (Å²) >= 11 is 0. The van der Waals surface area contributed by atoms with E-state index >= 15 is 0 Å². The smallest absolute Gasteiger partial charge is 0.230 e. The standard InChI is InChI=1S/C16H24N2O2/c1-12(13-5-4-6-14(17)11-13)16(20)18-9-3-2-7-15(18)8-10-19/h4-6,11-12,15,19H,2-3,7-10,17H2,1H3. The lowest BCUT2D eigenvalue weighted by molar-refractivity contribution is -0.136.